The van der Waals surface area contributed by atoms with Gasteiger partial charge in [0, 0.05) is 15.8 Å². The Bertz CT molecular complexity index is 802. The highest BCUT2D eigenvalue weighted by Gasteiger charge is 2.11. The molecule has 0 N–H and O–H groups in total. The van der Waals surface area contributed by atoms with E-state index in [1.54, 1.807) is 0 Å². The number of aromatic nitrogens is 2. The summed E-state index contributed by atoms with van der Waals surface area (Å²) in [4.78, 5) is 10.6. The molecule has 4 heteroatoms. The molecule has 0 bridgehead atoms. The van der Waals surface area contributed by atoms with Crippen molar-refractivity contribution in [3.63, 3.8) is 0 Å². The Morgan fingerprint density at radius 2 is 1.90 bits per heavy atom. The van der Waals surface area contributed by atoms with E-state index in [0.29, 0.717) is 0 Å². The van der Waals surface area contributed by atoms with Crippen molar-refractivity contribution in [2.75, 3.05) is 5.75 Å². The minimum Gasteiger partial charge on any atom is -0.228 e. The first kappa shape index (κ1) is 14.5. The third-order valence-corrected chi connectivity index (χ3v) is 4.79. The molecule has 21 heavy (non-hydrogen) atoms. The Kier molecular flexibility index (Phi) is 4.27. The van der Waals surface area contributed by atoms with Gasteiger partial charge in [-0.05, 0) is 52.4 Å². The number of fused-ring (bicyclic) bond motifs is 1. The molecule has 1 heterocycles. The fourth-order valence-electron chi connectivity index (χ4n) is 2.25. The van der Waals surface area contributed by atoms with Crippen LogP contribution in [0.5, 0.6) is 0 Å². The molecule has 0 fully saturated rings. The van der Waals surface area contributed by atoms with Crippen LogP contribution in [0.1, 0.15) is 12.5 Å². The smallest absolute Gasteiger partial charge is 0.162 e. The van der Waals surface area contributed by atoms with Crippen LogP contribution in [0.3, 0.4) is 0 Å². The van der Waals surface area contributed by atoms with Crippen LogP contribution >= 0.6 is 27.7 Å². The van der Waals surface area contributed by atoms with Gasteiger partial charge in [0.2, 0.25) is 0 Å². The zero-order chi connectivity index (χ0) is 14.8. The summed E-state index contributed by atoms with van der Waals surface area (Å²) in [5.41, 5.74) is 3.27. The fraction of sp³-hybridized carbons (Fsp3) is 0.176. The second-order valence-corrected chi connectivity index (χ2v) is 6.84. The van der Waals surface area contributed by atoms with Crippen LogP contribution in [0.4, 0.5) is 0 Å². The minimum atomic E-state index is 0.775. The molecule has 3 aromatic rings. The molecule has 0 aliphatic heterocycles. The lowest BCUT2D eigenvalue weighted by Crippen LogP contribution is -1.94. The van der Waals surface area contributed by atoms with Crippen LogP contribution in [0.15, 0.2) is 52.0 Å². The van der Waals surface area contributed by atoms with Crippen molar-refractivity contribution in [3.8, 4) is 11.4 Å². The van der Waals surface area contributed by atoms with E-state index in [4.69, 9.17) is 4.98 Å². The van der Waals surface area contributed by atoms with Gasteiger partial charge in [0.05, 0.1) is 5.52 Å². The summed E-state index contributed by atoms with van der Waals surface area (Å²) in [6, 6.07) is 14.5. The molecule has 0 saturated heterocycles. The van der Waals surface area contributed by atoms with Crippen molar-refractivity contribution in [1.82, 2.24) is 9.97 Å². The predicted octanol–water partition coefficient (Wildman–Crippen LogP) is 5.48. The van der Waals surface area contributed by atoms with Gasteiger partial charge in [-0.15, -0.1) is 11.8 Å². The van der Waals surface area contributed by atoms with Crippen molar-refractivity contribution in [1.29, 1.82) is 0 Å². The Balaban J connectivity index is 2.21. The van der Waals surface area contributed by atoms with Crippen LogP contribution in [0.2, 0.25) is 0 Å². The number of hydrogen-bond acceptors (Lipinski definition) is 3. The Labute approximate surface area is 137 Å². The van der Waals surface area contributed by atoms with Crippen LogP contribution in [-0.2, 0) is 0 Å². The molecule has 0 aliphatic carbocycles. The summed E-state index contributed by atoms with van der Waals surface area (Å²) in [6.45, 7) is 4.23. The van der Waals surface area contributed by atoms with Gasteiger partial charge in [-0.1, -0.05) is 31.2 Å². The SMILES string of the molecule is CCSc1ccccc1-c1nc(Br)c2ccc(C)cc2n1. The van der Waals surface area contributed by atoms with Crippen molar-refractivity contribution in [2.24, 2.45) is 0 Å². The molecule has 1 aromatic heterocycles. The molecule has 106 valence electrons. The number of benzene rings is 2. The molecule has 3 rings (SSSR count). The maximum Gasteiger partial charge on any atom is 0.162 e. The van der Waals surface area contributed by atoms with Gasteiger partial charge < -0.3 is 0 Å². The van der Waals surface area contributed by atoms with E-state index >= 15 is 0 Å². The monoisotopic (exact) mass is 358 g/mol. The van der Waals surface area contributed by atoms with Crippen LogP contribution < -0.4 is 0 Å². The molecule has 2 aromatic carbocycles. The van der Waals surface area contributed by atoms with Crippen LogP contribution in [-0.4, -0.2) is 15.7 Å². The van der Waals surface area contributed by atoms with Gasteiger partial charge in [-0.3, -0.25) is 0 Å². The van der Waals surface area contributed by atoms with E-state index < -0.39 is 0 Å². The number of nitrogens with zero attached hydrogens (tertiary/aromatic N) is 2. The zero-order valence-corrected chi connectivity index (χ0v) is 14.3. The first-order valence-corrected chi connectivity index (χ1v) is 8.63. The largest absolute Gasteiger partial charge is 0.228 e. The first-order chi connectivity index (χ1) is 10.2. The molecule has 0 radical (unpaired) electrons. The highest BCUT2D eigenvalue weighted by atomic mass is 79.9. The minimum absolute atomic E-state index is 0.775. The maximum atomic E-state index is 4.76. The standard InChI is InChI=1S/C17H15BrN2S/c1-3-21-15-7-5-4-6-13(15)17-19-14-10-11(2)8-9-12(14)16(18)20-17/h4-10H,3H2,1-2H3. The average molecular weight is 359 g/mol. The third kappa shape index (κ3) is 2.97. The van der Waals surface area contributed by atoms with E-state index in [1.165, 1.54) is 10.5 Å². The van der Waals surface area contributed by atoms with E-state index in [9.17, 15) is 0 Å². The van der Waals surface area contributed by atoms with Crippen molar-refractivity contribution >= 4 is 38.6 Å². The molecule has 0 unspecified atom stereocenters. The Morgan fingerprint density at radius 3 is 2.71 bits per heavy atom. The lowest BCUT2D eigenvalue weighted by molar-refractivity contribution is 1.18. The van der Waals surface area contributed by atoms with E-state index in [-0.39, 0.29) is 0 Å². The van der Waals surface area contributed by atoms with E-state index in [2.05, 4.69) is 71.2 Å². The molecule has 0 spiro atoms. The second kappa shape index (κ2) is 6.16. The highest BCUT2D eigenvalue weighted by Crippen LogP contribution is 2.32. The van der Waals surface area contributed by atoms with Gasteiger partial charge in [0.15, 0.2) is 5.82 Å². The highest BCUT2D eigenvalue weighted by molar-refractivity contribution is 9.10. The molecule has 0 amide bonds. The van der Waals surface area contributed by atoms with Gasteiger partial charge >= 0.3 is 0 Å². The fourth-order valence-corrected chi connectivity index (χ4v) is 3.56. The summed E-state index contributed by atoms with van der Waals surface area (Å²) in [7, 11) is 0. The summed E-state index contributed by atoms with van der Waals surface area (Å²) in [6.07, 6.45) is 0. The van der Waals surface area contributed by atoms with Gasteiger partial charge in [-0.2, -0.15) is 0 Å². The van der Waals surface area contributed by atoms with Crippen LogP contribution in [0, 0.1) is 6.92 Å². The maximum absolute atomic E-state index is 4.76. The van der Waals surface area contributed by atoms with Crippen molar-refractivity contribution in [2.45, 2.75) is 18.7 Å². The molecular weight excluding hydrogens is 344 g/mol. The Morgan fingerprint density at radius 1 is 1.10 bits per heavy atom. The average Bonchev–Trinajstić information content (AvgIpc) is 2.47. The lowest BCUT2D eigenvalue weighted by Gasteiger charge is -2.09. The molecule has 2 nitrogen and oxygen atoms in total. The normalized spacial score (nSPS) is 11.0. The first-order valence-electron chi connectivity index (χ1n) is 6.85. The molecule has 0 saturated carbocycles. The van der Waals surface area contributed by atoms with Gasteiger partial charge in [-0.25, -0.2) is 9.97 Å². The summed E-state index contributed by atoms with van der Waals surface area (Å²) in [5.74, 6) is 1.81. The number of rotatable bonds is 3. The van der Waals surface area contributed by atoms with E-state index in [0.717, 1.165) is 32.6 Å². The third-order valence-electron chi connectivity index (χ3n) is 3.23. The summed E-state index contributed by atoms with van der Waals surface area (Å²) < 4.78 is 0.846. The summed E-state index contributed by atoms with van der Waals surface area (Å²) >= 11 is 5.39. The van der Waals surface area contributed by atoms with Gasteiger partial charge in [0.1, 0.15) is 4.60 Å². The number of aryl methyl sites for hydroxylation is 1. The molecule has 0 atom stereocenters. The quantitative estimate of drug-likeness (QED) is 0.457. The molecule has 0 aliphatic rings. The van der Waals surface area contributed by atoms with E-state index in [1.807, 2.05) is 17.8 Å². The number of halogens is 1. The van der Waals surface area contributed by atoms with Crippen molar-refractivity contribution < 1.29 is 0 Å². The van der Waals surface area contributed by atoms with Crippen molar-refractivity contribution in [3.05, 3.63) is 52.6 Å². The van der Waals surface area contributed by atoms with Crippen LogP contribution in [0.25, 0.3) is 22.3 Å². The number of hydrogen-bond donors (Lipinski definition) is 0. The zero-order valence-electron chi connectivity index (χ0n) is 11.9. The second-order valence-electron chi connectivity index (χ2n) is 4.79. The predicted molar refractivity (Wildman–Crippen MR) is 93.8 cm³/mol. The number of thioether (sulfide) groups is 1. The lowest BCUT2D eigenvalue weighted by atomic mass is 10.1. The Hall–Kier alpha value is -1.39. The van der Waals surface area contributed by atoms with Gasteiger partial charge in [0.25, 0.3) is 0 Å². The topological polar surface area (TPSA) is 25.8 Å². The molecular formula is C17H15BrN2S. The summed E-state index contributed by atoms with van der Waals surface area (Å²) in [5, 5.41) is 1.05.